The molecule has 0 amide bonds. The number of hydrogen-bond acceptors (Lipinski definition) is 2. The predicted molar refractivity (Wildman–Crippen MR) is 86.3 cm³/mol. The van der Waals surface area contributed by atoms with Gasteiger partial charge in [-0.05, 0) is 54.5 Å². The van der Waals surface area contributed by atoms with E-state index in [1.807, 2.05) is 11.3 Å². The highest BCUT2D eigenvalue weighted by Crippen LogP contribution is 2.37. The molecule has 1 aromatic heterocycles. The zero-order chi connectivity index (χ0) is 13.1. The van der Waals surface area contributed by atoms with Crippen LogP contribution in [0.25, 0.3) is 10.1 Å². The Hall–Kier alpha value is -0.380. The molecule has 0 aliphatic carbocycles. The van der Waals surface area contributed by atoms with Gasteiger partial charge in [-0.15, -0.1) is 11.3 Å². The molecule has 1 fully saturated rings. The molecule has 19 heavy (non-hydrogen) atoms. The van der Waals surface area contributed by atoms with Gasteiger partial charge in [0.05, 0.1) is 6.10 Å². The summed E-state index contributed by atoms with van der Waals surface area (Å²) in [4.78, 5) is 0.453. The average Bonchev–Trinajstić information content (AvgIpc) is 2.90. The van der Waals surface area contributed by atoms with Crippen LogP contribution < -0.4 is 0 Å². The number of ether oxygens (including phenoxy) is 1. The fourth-order valence-electron chi connectivity index (χ4n) is 2.76. The van der Waals surface area contributed by atoms with Gasteiger partial charge < -0.3 is 4.74 Å². The molecule has 0 saturated carbocycles. The van der Waals surface area contributed by atoms with Gasteiger partial charge in [0.15, 0.2) is 0 Å². The molecule has 2 heterocycles. The predicted octanol–water partition coefficient (Wildman–Crippen LogP) is 5.69. The lowest BCUT2D eigenvalue weighted by Crippen LogP contribution is -2.19. The van der Waals surface area contributed by atoms with E-state index in [4.69, 9.17) is 4.74 Å². The van der Waals surface area contributed by atoms with Gasteiger partial charge in [0.2, 0.25) is 0 Å². The van der Waals surface area contributed by atoms with E-state index in [-0.39, 0.29) is 0 Å². The zero-order valence-corrected chi connectivity index (χ0v) is 13.4. The highest BCUT2D eigenvalue weighted by Gasteiger charge is 2.18. The van der Waals surface area contributed by atoms with Crippen molar-refractivity contribution in [1.82, 2.24) is 0 Å². The fourth-order valence-corrected chi connectivity index (χ4v) is 4.60. The number of halogens is 1. The zero-order valence-electron chi connectivity index (χ0n) is 11.0. The van der Waals surface area contributed by atoms with Crippen molar-refractivity contribution in [3.05, 3.63) is 35.2 Å². The molecule has 1 saturated heterocycles. The molecular weight excluding hydrogens is 320 g/mol. The van der Waals surface area contributed by atoms with Crippen LogP contribution >= 0.6 is 27.3 Å². The molecule has 102 valence electrons. The molecule has 0 radical (unpaired) electrons. The van der Waals surface area contributed by atoms with E-state index in [2.05, 4.69) is 45.6 Å². The summed E-state index contributed by atoms with van der Waals surface area (Å²) >= 11 is 5.71. The first kappa shape index (κ1) is 13.6. The lowest BCUT2D eigenvalue weighted by molar-refractivity contribution is 0.0102. The summed E-state index contributed by atoms with van der Waals surface area (Å²) in [5.41, 5.74) is 1.44. The maximum absolute atomic E-state index is 5.81. The Bertz CT molecular complexity index is 530. The van der Waals surface area contributed by atoms with Crippen molar-refractivity contribution in [1.29, 1.82) is 0 Å². The minimum atomic E-state index is 0.453. The smallest absolute Gasteiger partial charge is 0.0575 e. The molecule has 0 bridgehead atoms. The quantitative estimate of drug-likeness (QED) is 0.651. The molecule has 0 spiro atoms. The van der Waals surface area contributed by atoms with Gasteiger partial charge in [0.1, 0.15) is 0 Å². The summed E-state index contributed by atoms with van der Waals surface area (Å²) in [5, 5.41) is 3.70. The van der Waals surface area contributed by atoms with Crippen LogP contribution in [0.1, 0.15) is 42.5 Å². The number of thiophene rings is 1. The molecule has 1 aliphatic heterocycles. The topological polar surface area (TPSA) is 9.23 Å². The molecule has 3 heteroatoms. The van der Waals surface area contributed by atoms with Gasteiger partial charge in [0, 0.05) is 16.1 Å². The molecule has 1 aliphatic rings. The summed E-state index contributed by atoms with van der Waals surface area (Å²) in [6.45, 7) is 0.957. The summed E-state index contributed by atoms with van der Waals surface area (Å²) in [6.07, 6.45) is 6.62. The van der Waals surface area contributed by atoms with Crippen LogP contribution in [0.2, 0.25) is 0 Å². The summed E-state index contributed by atoms with van der Waals surface area (Å²) < 4.78 is 7.20. The van der Waals surface area contributed by atoms with Crippen LogP contribution in [0.5, 0.6) is 0 Å². The SMILES string of the molecule is BrC(CCC1CCCCO1)c1csc2ccccc12. The minimum Gasteiger partial charge on any atom is -0.378 e. The third-order valence-corrected chi connectivity index (χ3v) is 5.80. The maximum atomic E-state index is 5.81. The van der Waals surface area contributed by atoms with Crippen molar-refractivity contribution in [2.45, 2.75) is 43.0 Å². The summed E-state index contributed by atoms with van der Waals surface area (Å²) in [6, 6.07) is 8.67. The first-order chi connectivity index (χ1) is 9.34. The Morgan fingerprint density at radius 1 is 1.32 bits per heavy atom. The van der Waals surface area contributed by atoms with E-state index in [1.165, 1.54) is 41.3 Å². The standard InChI is InChI=1S/C16H19BrOS/c17-15(9-8-12-5-3-4-10-18-12)14-11-19-16-7-2-1-6-13(14)16/h1-2,6-7,11-12,15H,3-5,8-10H2. The van der Waals surface area contributed by atoms with E-state index < -0.39 is 0 Å². The summed E-state index contributed by atoms with van der Waals surface area (Å²) in [5.74, 6) is 0. The third kappa shape index (κ3) is 3.21. The molecule has 2 aromatic rings. The minimum absolute atomic E-state index is 0.453. The molecule has 0 N–H and O–H groups in total. The lowest BCUT2D eigenvalue weighted by Gasteiger charge is -2.23. The Kier molecular flexibility index (Phi) is 4.57. The van der Waals surface area contributed by atoms with E-state index in [0.717, 1.165) is 13.0 Å². The van der Waals surface area contributed by atoms with E-state index >= 15 is 0 Å². The second-order valence-corrected chi connectivity index (χ2v) is 7.24. The number of alkyl halides is 1. The largest absolute Gasteiger partial charge is 0.378 e. The highest BCUT2D eigenvalue weighted by atomic mass is 79.9. The van der Waals surface area contributed by atoms with Gasteiger partial charge in [-0.3, -0.25) is 0 Å². The number of fused-ring (bicyclic) bond motifs is 1. The second-order valence-electron chi connectivity index (χ2n) is 5.22. The molecule has 2 atom stereocenters. The monoisotopic (exact) mass is 338 g/mol. The Balaban J connectivity index is 1.64. The van der Waals surface area contributed by atoms with Gasteiger partial charge in [-0.25, -0.2) is 0 Å². The van der Waals surface area contributed by atoms with Crippen molar-refractivity contribution in [2.75, 3.05) is 6.61 Å². The van der Waals surface area contributed by atoms with Crippen molar-refractivity contribution < 1.29 is 4.74 Å². The van der Waals surface area contributed by atoms with Crippen LogP contribution in [0, 0.1) is 0 Å². The van der Waals surface area contributed by atoms with Crippen LogP contribution in [0.3, 0.4) is 0 Å². The van der Waals surface area contributed by atoms with Crippen LogP contribution in [-0.4, -0.2) is 12.7 Å². The normalized spacial score (nSPS) is 21.6. The highest BCUT2D eigenvalue weighted by molar-refractivity contribution is 9.09. The average molecular weight is 339 g/mol. The first-order valence-electron chi connectivity index (χ1n) is 7.06. The molecule has 1 nitrogen and oxygen atoms in total. The van der Waals surface area contributed by atoms with E-state index in [1.54, 1.807) is 0 Å². The van der Waals surface area contributed by atoms with Crippen molar-refractivity contribution in [2.24, 2.45) is 0 Å². The number of benzene rings is 1. The molecular formula is C16H19BrOS. The Labute approximate surface area is 127 Å². The number of rotatable bonds is 4. The van der Waals surface area contributed by atoms with E-state index in [9.17, 15) is 0 Å². The number of hydrogen-bond donors (Lipinski definition) is 0. The fraction of sp³-hybridized carbons (Fsp3) is 0.500. The second kappa shape index (κ2) is 6.38. The van der Waals surface area contributed by atoms with E-state index in [0.29, 0.717) is 10.9 Å². The Morgan fingerprint density at radius 2 is 2.21 bits per heavy atom. The van der Waals surface area contributed by atoms with Gasteiger partial charge >= 0.3 is 0 Å². The van der Waals surface area contributed by atoms with Crippen LogP contribution in [0.15, 0.2) is 29.6 Å². The van der Waals surface area contributed by atoms with Gasteiger partial charge in [-0.1, -0.05) is 34.1 Å². The molecule has 1 aromatic carbocycles. The third-order valence-electron chi connectivity index (χ3n) is 3.86. The first-order valence-corrected chi connectivity index (χ1v) is 8.86. The van der Waals surface area contributed by atoms with Crippen molar-refractivity contribution >= 4 is 37.4 Å². The van der Waals surface area contributed by atoms with Gasteiger partial charge in [-0.2, -0.15) is 0 Å². The summed E-state index contributed by atoms with van der Waals surface area (Å²) in [7, 11) is 0. The van der Waals surface area contributed by atoms with Crippen molar-refractivity contribution in [3.8, 4) is 0 Å². The van der Waals surface area contributed by atoms with Crippen LogP contribution in [0.4, 0.5) is 0 Å². The molecule has 2 unspecified atom stereocenters. The van der Waals surface area contributed by atoms with Gasteiger partial charge in [0.25, 0.3) is 0 Å². The maximum Gasteiger partial charge on any atom is 0.0575 e. The Morgan fingerprint density at radius 3 is 3.05 bits per heavy atom. The lowest BCUT2D eigenvalue weighted by atomic mass is 10.0. The molecule has 3 rings (SSSR count). The van der Waals surface area contributed by atoms with Crippen LogP contribution in [-0.2, 0) is 4.74 Å². The van der Waals surface area contributed by atoms with Crippen molar-refractivity contribution in [3.63, 3.8) is 0 Å².